The number of nitrogens with zero attached hydrogens (tertiary/aromatic N) is 1. The van der Waals surface area contributed by atoms with Crippen LogP contribution in [-0.2, 0) is 19.1 Å². The van der Waals surface area contributed by atoms with Crippen LogP contribution in [0.15, 0.2) is 0 Å². The third-order valence-corrected chi connectivity index (χ3v) is 3.40. The van der Waals surface area contributed by atoms with Gasteiger partial charge >= 0.3 is 5.97 Å². The quantitative estimate of drug-likeness (QED) is 0.240. The van der Waals surface area contributed by atoms with Gasteiger partial charge in [0.25, 0.3) is 5.91 Å². The highest BCUT2D eigenvalue weighted by molar-refractivity contribution is 5.79. The van der Waals surface area contributed by atoms with Crippen LogP contribution in [0, 0.1) is 0 Å². The molecule has 0 heterocycles. The number of esters is 1. The summed E-state index contributed by atoms with van der Waals surface area (Å²) < 4.78 is 5.29. The van der Waals surface area contributed by atoms with E-state index in [1.807, 2.05) is 14.1 Å². The molecule has 0 saturated carbocycles. The summed E-state index contributed by atoms with van der Waals surface area (Å²) in [5.41, 5.74) is 0. The van der Waals surface area contributed by atoms with Crippen molar-refractivity contribution < 1.29 is 23.6 Å². The molecule has 7 nitrogen and oxygen atoms in total. The largest absolute Gasteiger partial charge is 0.460 e. The minimum atomic E-state index is -0.323. The SMILES string of the molecule is CCCCCCC(=O)NCNC(=O)C[N+](C)(C)CCOC(C)=O. The maximum absolute atomic E-state index is 11.9. The first-order valence-electron chi connectivity index (χ1n) is 8.25. The van der Waals surface area contributed by atoms with Crippen LogP contribution in [0.2, 0.25) is 0 Å². The van der Waals surface area contributed by atoms with Crippen molar-refractivity contribution in [2.24, 2.45) is 0 Å². The van der Waals surface area contributed by atoms with E-state index in [2.05, 4.69) is 17.6 Å². The second kappa shape index (κ2) is 11.9. The third-order valence-electron chi connectivity index (χ3n) is 3.40. The number of carbonyl (C=O) groups is 3. The van der Waals surface area contributed by atoms with Crippen molar-refractivity contribution in [1.29, 1.82) is 0 Å². The number of nitrogens with one attached hydrogen (secondary N) is 2. The van der Waals surface area contributed by atoms with Gasteiger partial charge in [-0.3, -0.25) is 14.4 Å². The van der Waals surface area contributed by atoms with Gasteiger partial charge in [-0.25, -0.2) is 0 Å². The average Bonchev–Trinajstić information content (AvgIpc) is 2.42. The Kier molecular flexibility index (Phi) is 11.0. The first-order chi connectivity index (χ1) is 10.8. The Hall–Kier alpha value is -1.63. The van der Waals surface area contributed by atoms with Crippen LogP contribution < -0.4 is 10.6 Å². The average molecular weight is 330 g/mol. The summed E-state index contributed by atoms with van der Waals surface area (Å²) in [7, 11) is 3.77. The fraction of sp³-hybridized carbons (Fsp3) is 0.812. The van der Waals surface area contributed by atoms with Crippen LogP contribution in [-0.4, -0.2) is 62.7 Å². The summed E-state index contributed by atoms with van der Waals surface area (Å²) in [4.78, 5) is 34.1. The summed E-state index contributed by atoms with van der Waals surface area (Å²) in [6, 6.07) is 0. The Labute approximate surface area is 139 Å². The fourth-order valence-corrected chi connectivity index (χ4v) is 2.00. The molecular formula is C16H32N3O4+. The lowest BCUT2D eigenvalue weighted by Crippen LogP contribution is -2.50. The van der Waals surface area contributed by atoms with Crippen LogP contribution in [0.5, 0.6) is 0 Å². The van der Waals surface area contributed by atoms with Gasteiger partial charge in [-0.15, -0.1) is 0 Å². The molecule has 0 aliphatic heterocycles. The zero-order valence-corrected chi connectivity index (χ0v) is 14.9. The van der Waals surface area contributed by atoms with Crippen molar-refractivity contribution >= 4 is 17.8 Å². The number of hydrogen-bond donors (Lipinski definition) is 2. The Morgan fingerprint density at radius 1 is 1.00 bits per heavy atom. The minimum Gasteiger partial charge on any atom is -0.460 e. The maximum atomic E-state index is 11.9. The van der Waals surface area contributed by atoms with Gasteiger partial charge in [0.2, 0.25) is 5.91 Å². The van der Waals surface area contributed by atoms with Crippen molar-refractivity contribution in [1.82, 2.24) is 10.6 Å². The van der Waals surface area contributed by atoms with E-state index >= 15 is 0 Å². The molecule has 0 fully saturated rings. The van der Waals surface area contributed by atoms with Gasteiger partial charge in [0.15, 0.2) is 6.54 Å². The number of amides is 2. The number of ether oxygens (including phenoxy) is 1. The predicted octanol–water partition coefficient (Wildman–Crippen LogP) is 0.786. The van der Waals surface area contributed by atoms with Crippen molar-refractivity contribution in [2.45, 2.75) is 46.0 Å². The number of likely N-dealkylation sites (N-methyl/N-ethyl adjacent to an activating group) is 1. The standard InChI is InChI=1S/C16H31N3O4/c1-5-6-7-8-9-15(21)17-13-18-16(22)12-19(3,4)10-11-23-14(2)20/h5-13H2,1-4H3,(H-,17,18,21,22)/p+1. The van der Waals surface area contributed by atoms with E-state index in [9.17, 15) is 14.4 Å². The molecule has 23 heavy (non-hydrogen) atoms. The van der Waals surface area contributed by atoms with Gasteiger partial charge < -0.3 is 19.9 Å². The van der Waals surface area contributed by atoms with Crippen molar-refractivity contribution in [3.63, 3.8) is 0 Å². The highest BCUT2D eigenvalue weighted by Gasteiger charge is 2.20. The topological polar surface area (TPSA) is 84.5 Å². The third kappa shape index (κ3) is 13.7. The molecule has 0 unspecified atom stereocenters. The monoisotopic (exact) mass is 330 g/mol. The second-order valence-electron chi connectivity index (χ2n) is 6.34. The number of carbonyl (C=O) groups excluding carboxylic acids is 3. The van der Waals surface area contributed by atoms with E-state index in [0.717, 1.165) is 25.7 Å². The lowest BCUT2D eigenvalue weighted by molar-refractivity contribution is -0.882. The van der Waals surface area contributed by atoms with Gasteiger partial charge in [0, 0.05) is 13.3 Å². The van der Waals surface area contributed by atoms with Gasteiger partial charge in [-0.1, -0.05) is 26.2 Å². The lowest BCUT2D eigenvalue weighted by Gasteiger charge is -2.28. The van der Waals surface area contributed by atoms with E-state index in [-0.39, 0.29) is 37.6 Å². The molecule has 0 saturated heterocycles. The van der Waals surface area contributed by atoms with Crippen LogP contribution in [0.1, 0.15) is 46.0 Å². The molecule has 7 heteroatoms. The van der Waals surface area contributed by atoms with Gasteiger partial charge in [0.05, 0.1) is 20.8 Å². The van der Waals surface area contributed by atoms with Crippen molar-refractivity contribution in [3.05, 3.63) is 0 Å². The summed E-state index contributed by atoms with van der Waals surface area (Å²) in [6.45, 7) is 4.73. The smallest absolute Gasteiger partial charge is 0.302 e. The molecule has 0 aromatic carbocycles. The minimum absolute atomic E-state index is 0.0370. The molecule has 0 aromatic rings. The Balaban J connectivity index is 3.80. The van der Waals surface area contributed by atoms with Gasteiger partial charge in [0.1, 0.15) is 13.2 Å². The molecule has 0 radical (unpaired) electrons. The Bertz CT molecular complexity index is 384. The zero-order chi connectivity index (χ0) is 17.7. The second-order valence-corrected chi connectivity index (χ2v) is 6.34. The highest BCUT2D eigenvalue weighted by Crippen LogP contribution is 2.01. The molecule has 0 atom stereocenters. The molecule has 2 amide bonds. The lowest BCUT2D eigenvalue weighted by atomic mass is 10.1. The molecule has 0 rings (SSSR count). The summed E-state index contributed by atoms with van der Waals surface area (Å²) >= 11 is 0. The molecule has 0 spiro atoms. The summed E-state index contributed by atoms with van der Waals surface area (Å²) in [5.74, 6) is -0.509. The van der Waals surface area contributed by atoms with Crippen molar-refractivity contribution in [3.8, 4) is 0 Å². The number of unbranched alkanes of at least 4 members (excludes halogenated alkanes) is 3. The number of rotatable bonds is 12. The summed E-state index contributed by atoms with van der Waals surface area (Å²) in [6.07, 6.45) is 4.73. The molecular weight excluding hydrogens is 298 g/mol. The van der Waals surface area contributed by atoms with Crippen LogP contribution >= 0.6 is 0 Å². The van der Waals surface area contributed by atoms with Gasteiger partial charge in [-0.05, 0) is 6.42 Å². The zero-order valence-electron chi connectivity index (χ0n) is 14.9. The molecule has 134 valence electrons. The van der Waals surface area contributed by atoms with E-state index in [1.54, 1.807) is 0 Å². The van der Waals surface area contributed by atoms with E-state index in [4.69, 9.17) is 4.74 Å². The molecule has 0 aromatic heterocycles. The van der Waals surface area contributed by atoms with Crippen LogP contribution in [0.25, 0.3) is 0 Å². The molecule has 0 aliphatic rings. The maximum Gasteiger partial charge on any atom is 0.302 e. The van der Waals surface area contributed by atoms with Crippen LogP contribution in [0.4, 0.5) is 0 Å². The molecule has 2 N–H and O–H groups in total. The van der Waals surface area contributed by atoms with Gasteiger partial charge in [-0.2, -0.15) is 0 Å². The molecule has 0 bridgehead atoms. The number of hydrogen-bond acceptors (Lipinski definition) is 4. The first kappa shape index (κ1) is 21.4. The van der Waals surface area contributed by atoms with E-state index < -0.39 is 0 Å². The fourth-order valence-electron chi connectivity index (χ4n) is 2.00. The predicted molar refractivity (Wildman–Crippen MR) is 88.4 cm³/mol. The van der Waals surface area contributed by atoms with Crippen molar-refractivity contribution in [2.75, 3.05) is 40.5 Å². The normalized spacial score (nSPS) is 11.0. The molecule has 0 aliphatic carbocycles. The Morgan fingerprint density at radius 3 is 2.26 bits per heavy atom. The Morgan fingerprint density at radius 2 is 1.65 bits per heavy atom. The highest BCUT2D eigenvalue weighted by atomic mass is 16.5. The summed E-state index contributed by atoms with van der Waals surface area (Å²) in [5, 5.41) is 5.36. The number of quaternary nitrogens is 1. The van der Waals surface area contributed by atoms with E-state index in [0.29, 0.717) is 17.4 Å². The van der Waals surface area contributed by atoms with E-state index in [1.165, 1.54) is 6.92 Å². The first-order valence-corrected chi connectivity index (χ1v) is 8.25. The van der Waals surface area contributed by atoms with Crippen LogP contribution in [0.3, 0.4) is 0 Å².